The van der Waals surface area contributed by atoms with Crippen LogP contribution in [0.5, 0.6) is 0 Å². The third kappa shape index (κ3) is 6.08. The van der Waals surface area contributed by atoms with Gasteiger partial charge in [0.05, 0.1) is 0 Å². The number of nitrogens with two attached hydrogens (primary N) is 1. The van der Waals surface area contributed by atoms with Crippen molar-refractivity contribution in [3.05, 3.63) is 89.5 Å². The number of benzene rings is 3. The van der Waals surface area contributed by atoms with Crippen molar-refractivity contribution >= 4 is 17.7 Å². The fraction of sp³-hybridized carbons (Fsp3) is 0.310. The number of fused-ring (bicyclic) bond motifs is 1. The number of ether oxygens (including phenoxy) is 1. The number of anilines is 1. The van der Waals surface area contributed by atoms with Gasteiger partial charge in [-0.15, -0.1) is 0 Å². The fourth-order valence-corrected chi connectivity index (χ4v) is 4.56. The molecule has 1 unspecified atom stereocenters. The second kappa shape index (κ2) is 10.3. The molecule has 182 valence electrons. The molecule has 3 aromatic rings. The summed E-state index contributed by atoms with van der Waals surface area (Å²) in [5, 5.41) is 5.81. The standard InChI is InChI=1S/C29H33N3O3/c1-29(2,3)35-28(34)32-26-23(17-21-8-5-7-11-25(21)31-27(26)33)16-19-12-14-20(15-13-19)24-10-6-4-9-22(24)18-30/h4-15,23,26H,16-18,30H2,1-3H3,(H,31,33)(H,32,34)/t23?,26-/m1/s1. The topological polar surface area (TPSA) is 93.4 Å². The lowest BCUT2D eigenvalue weighted by molar-refractivity contribution is -0.119. The zero-order valence-electron chi connectivity index (χ0n) is 20.5. The van der Waals surface area contributed by atoms with E-state index >= 15 is 0 Å². The molecule has 3 aromatic carbocycles. The Morgan fingerprint density at radius 3 is 2.43 bits per heavy atom. The summed E-state index contributed by atoms with van der Waals surface area (Å²) in [5.74, 6) is -0.382. The summed E-state index contributed by atoms with van der Waals surface area (Å²) in [6, 6.07) is 23.5. The van der Waals surface area contributed by atoms with E-state index in [1.807, 2.05) is 42.5 Å². The number of nitrogens with one attached hydrogen (secondary N) is 2. The van der Waals surface area contributed by atoms with E-state index in [2.05, 4.69) is 41.0 Å². The first-order valence-electron chi connectivity index (χ1n) is 12.0. The van der Waals surface area contributed by atoms with Crippen LogP contribution in [0.2, 0.25) is 0 Å². The molecule has 4 rings (SSSR count). The minimum Gasteiger partial charge on any atom is -0.444 e. The Balaban J connectivity index is 1.59. The lowest BCUT2D eigenvalue weighted by Crippen LogP contribution is -2.50. The Morgan fingerprint density at radius 1 is 1.03 bits per heavy atom. The second-order valence-corrected chi connectivity index (χ2v) is 10.00. The summed E-state index contributed by atoms with van der Waals surface area (Å²) >= 11 is 0. The molecule has 2 atom stereocenters. The van der Waals surface area contributed by atoms with E-state index in [9.17, 15) is 9.59 Å². The van der Waals surface area contributed by atoms with Crippen molar-refractivity contribution in [3.8, 4) is 11.1 Å². The van der Waals surface area contributed by atoms with Crippen molar-refractivity contribution in [1.82, 2.24) is 5.32 Å². The molecule has 0 saturated heterocycles. The first-order valence-corrected chi connectivity index (χ1v) is 12.0. The van der Waals surface area contributed by atoms with Crippen LogP contribution in [0.1, 0.15) is 37.5 Å². The molecule has 4 N–H and O–H groups in total. The maximum absolute atomic E-state index is 13.2. The van der Waals surface area contributed by atoms with Gasteiger partial charge in [0.25, 0.3) is 0 Å². The first kappa shape index (κ1) is 24.5. The SMILES string of the molecule is CC(C)(C)OC(=O)N[C@H]1C(=O)Nc2ccccc2CC1Cc1ccc(-c2ccccc2CN)cc1. The van der Waals surface area contributed by atoms with E-state index in [0.717, 1.165) is 33.5 Å². The number of para-hydroxylation sites is 1. The highest BCUT2D eigenvalue weighted by atomic mass is 16.6. The monoisotopic (exact) mass is 471 g/mol. The molecule has 0 saturated carbocycles. The van der Waals surface area contributed by atoms with Crippen molar-refractivity contribution < 1.29 is 14.3 Å². The summed E-state index contributed by atoms with van der Waals surface area (Å²) in [4.78, 5) is 25.8. The predicted molar refractivity (Wildman–Crippen MR) is 139 cm³/mol. The molecular weight excluding hydrogens is 438 g/mol. The van der Waals surface area contributed by atoms with E-state index < -0.39 is 17.7 Å². The van der Waals surface area contributed by atoms with Crippen LogP contribution < -0.4 is 16.4 Å². The van der Waals surface area contributed by atoms with Gasteiger partial charge in [0, 0.05) is 12.2 Å². The minimum absolute atomic E-state index is 0.145. The van der Waals surface area contributed by atoms with Crippen LogP contribution in [-0.2, 0) is 28.9 Å². The van der Waals surface area contributed by atoms with Crippen molar-refractivity contribution in [1.29, 1.82) is 0 Å². The molecule has 0 fully saturated rings. The van der Waals surface area contributed by atoms with Crippen LogP contribution >= 0.6 is 0 Å². The molecule has 2 amide bonds. The first-order chi connectivity index (χ1) is 16.7. The third-order valence-electron chi connectivity index (χ3n) is 6.18. The van der Waals surface area contributed by atoms with Crippen molar-refractivity contribution in [2.24, 2.45) is 11.7 Å². The van der Waals surface area contributed by atoms with Gasteiger partial charge in [-0.05, 0) is 73.4 Å². The Hall–Kier alpha value is -3.64. The normalized spacial score (nSPS) is 17.7. The van der Waals surface area contributed by atoms with E-state index in [0.29, 0.717) is 19.4 Å². The highest BCUT2D eigenvalue weighted by Gasteiger charge is 2.35. The van der Waals surface area contributed by atoms with E-state index in [4.69, 9.17) is 10.5 Å². The zero-order chi connectivity index (χ0) is 25.0. The molecule has 0 spiro atoms. The summed E-state index contributed by atoms with van der Waals surface area (Å²) in [7, 11) is 0. The van der Waals surface area contributed by atoms with Crippen LogP contribution in [0.3, 0.4) is 0 Å². The van der Waals surface area contributed by atoms with Crippen molar-refractivity contribution in [3.63, 3.8) is 0 Å². The molecular formula is C29H33N3O3. The average molecular weight is 472 g/mol. The molecule has 1 aliphatic heterocycles. The van der Waals surface area contributed by atoms with Gasteiger partial charge in [-0.1, -0.05) is 66.7 Å². The number of hydrogen-bond acceptors (Lipinski definition) is 4. The molecule has 1 aliphatic rings. The lowest BCUT2D eigenvalue weighted by atomic mass is 9.86. The Bertz CT molecular complexity index is 1200. The van der Waals surface area contributed by atoms with Crippen LogP contribution in [-0.4, -0.2) is 23.6 Å². The molecule has 1 heterocycles. The van der Waals surface area contributed by atoms with Gasteiger partial charge in [-0.2, -0.15) is 0 Å². The maximum Gasteiger partial charge on any atom is 0.408 e. The van der Waals surface area contributed by atoms with E-state index in [-0.39, 0.29) is 11.8 Å². The molecule has 6 nitrogen and oxygen atoms in total. The van der Waals surface area contributed by atoms with Crippen LogP contribution in [0, 0.1) is 5.92 Å². The minimum atomic E-state index is -0.727. The smallest absolute Gasteiger partial charge is 0.408 e. The van der Waals surface area contributed by atoms with Gasteiger partial charge in [0.15, 0.2) is 0 Å². The van der Waals surface area contributed by atoms with E-state index in [1.165, 1.54) is 0 Å². The summed E-state index contributed by atoms with van der Waals surface area (Å²) in [6.07, 6.45) is 0.677. The van der Waals surface area contributed by atoms with Gasteiger partial charge in [-0.3, -0.25) is 4.79 Å². The second-order valence-electron chi connectivity index (χ2n) is 10.00. The number of rotatable bonds is 5. The van der Waals surface area contributed by atoms with Gasteiger partial charge in [0.2, 0.25) is 5.91 Å². The molecule has 6 heteroatoms. The maximum atomic E-state index is 13.2. The number of carbonyl (C=O) groups is 2. The molecule has 0 aliphatic carbocycles. The van der Waals surface area contributed by atoms with Crippen molar-refractivity contribution in [2.45, 2.75) is 51.8 Å². The molecule has 0 bridgehead atoms. The van der Waals surface area contributed by atoms with E-state index in [1.54, 1.807) is 20.8 Å². The van der Waals surface area contributed by atoms with Gasteiger partial charge < -0.3 is 21.1 Å². The lowest BCUT2D eigenvalue weighted by Gasteiger charge is -2.27. The third-order valence-corrected chi connectivity index (χ3v) is 6.18. The van der Waals surface area contributed by atoms with Crippen LogP contribution in [0.25, 0.3) is 11.1 Å². The Morgan fingerprint density at radius 2 is 1.71 bits per heavy atom. The number of carbonyl (C=O) groups excluding carboxylic acids is 2. The summed E-state index contributed by atoms with van der Waals surface area (Å²) < 4.78 is 5.45. The van der Waals surface area contributed by atoms with Crippen molar-refractivity contribution in [2.75, 3.05) is 5.32 Å². The average Bonchev–Trinajstić information content (AvgIpc) is 2.94. The van der Waals surface area contributed by atoms with Gasteiger partial charge in [-0.25, -0.2) is 4.79 Å². The Kier molecular flexibility index (Phi) is 7.22. The predicted octanol–water partition coefficient (Wildman–Crippen LogP) is 5.06. The summed E-state index contributed by atoms with van der Waals surface area (Å²) in [6.45, 7) is 5.89. The van der Waals surface area contributed by atoms with Crippen LogP contribution in [0.4, 0.5) is 10.5 Å². The number of amides is 2. The quantitative estimate of drug-likeness (QED) is 0.485. The molecule has 0 aromatic heterocycles. The van der Waals surface area contributed by atoms with Crippen LogP contribution in [0.15, 0.2) is 72.8 Å². The number of alkyl carbamates (subject to hydrolysis) is 1. The summed E-state index contributed by atoms with van der Waals surface area (Å²) in [5.41, 5.74) is 11.5. The largest absolute Gasteiger partial charge is 0.444 e. The molecule has 0 radical (unpaired) electrons. The zero-order valence-corrected chi connectivity index (χ0v) is 20.5. The molecule has 35 heavy (non-hydrogen) atoms. The highest BCUT2D eigenvalue weighted by molar-refractivity contribution is 5.98. The number of hydrogen-bond donors (Lipinski definition) is 3. The van der Waals surface area contributed by atoms with Gasteiger partial charge >= 0.3 is 6.09 Å². The van der Waals surface area contributed by atoms with Gasteiger partial charge in [0.1, 0.15) is 11.6 Å². The fourth-order valence-electron chi connectivity index (χ4n) is 4.56. The Labute approximate surface area is 206 Å². The highest BCUT2D eigenvalue weighted by Crippen LogP contribution is 2.29.